The molecule has 17 heavy (non-hydrogen) atoms. The number of carbonyl (C=O) groups excluding carboxylic acids is 1. The molecule has 0 radical (unpaired) electrons. The lowest BCUT2D eigenvalue weighted by Gasteiger charge is -2.29. The van der Waals surface area contributed by atoms with Crippen LogP contribution in [0.3, 0.4) is 0 Å². The van der Waals surface area contributed by atoms with E-state index < -0.39 is 5.54 Å². The molecule has 1 unspecified atom stereocenters. The number of carbonyl (C=O) groups is 1. The molecule has 4 heteroatoms. The average molecular weight is 241 g/mol. The number of nitrogens with one attached hydrogen (secondary N) is 1. The standard InChI is InChI=1S/C13H27N3O/c1-11(10-16-7-5-4-6-8-16)15-12(17)9-13(2,3)14/h11H,4-10,14H2,1-3H3,(H,15,17). The average Bonchev–Trinajstić information content (AvgIpc) is 2.15. The summed E-state index contributed by atoms with van der Waals surface area (Å²) >= 11 is 0. The maximum atomic E-state index is 11.7. The minimum absolute atomic E-state index is 0.0574. The first-order valence-electron chi connectivity index (χ1n) is 6.67. The summed E-state index contributed by atoms with van der Waals surface area (Å²) in [6.45, 7) is 9.11. The number of piperidine rings is 1. The molecular weight excluding hydrogens is 214 g/mol. The van der Waals surface area contributed by atoms with Crippen LogP contribution in [0.5, 0.6) is 0 Å². The van der Waals surface area contributed by atoms with Gasteiger partial charge in [0.1, 0.15) is 0 Å². The van der Waals surface area contributed by atoms with Crippen LogP contribution >= 0.6 is 0 Å². The van der Waals surface area contributed by atoms with Crippen LogP contribution in [0, 0.1) is 0 Å². The van der Waals surface area contributed by atoms with Crippen LogP contribution in [-0.4, -0.2) is 42.0 Å². The minimum atomic E-state index is -0.422. The normalized spacial score (nSPS) is 20.0. The molecule has 1 saturated heterocycles. The molecule has 1 aliphatic heterocycles. The zero-order valence-electron chi connectivity index (χ0n) is 11.5. The number of nitrogens with zero attached hydrogens (tertiary/aromatic N) is 1. The third-order valence-electron chi connectivity index (χ3n) is 3.00. The highest BCUT2D eigenvalue weighted by atomic mass is 16.1. The van der Waals surface area contributed by atoms with E-state index in [2.05, 4.69) is 17.1 Å². The largest absolute Gasteiger partial charge is 0.352 e. The van der Waals surface area contributed by atoms with E-state index in [9.17, 15) is 4.79 Å². The summed E-state index contributed by atoms with van der Waals surface area (Å²) in [5.74, 6) is 0.0574. The summed E-state index contributed by atoms with van der Waals surface area (Å²) in [4.78, 5) is 14.1. The van der Waals surface area contributed by atoms with Crippen molar-refractivity contribution in [2.24, 2.45) is 5.73 Å². The predicted molar refractivity (Wildman–Crippen MR) is 70.8 cm³/mol. The molecule has 1 aliphatic rings. The van der Waals surface area contributed by atoms with E-state index in [1.165, 1.54) is 32.4 Å². The second kappa shape index (κ2) is 6.36. The topological polar surface area (TPSA) is 58.4 Å². The van der Waals surface area contributed by atoms with Crippen molar-refractivity contribution < 1.29 is 4.79 Å². The third kappa shape index (κ3) is 6.64. The van der Waals surface area contributed by atoms with Gasteiger partial charge in [0.2, 0.25) is 5.91 Å². The second-order valence-corrected chi connectivity index (χ2v) is 6.00. The van der Waals surface area contributed by atoms with Crippen molar-refractivity contribution in [3.8, 4) is 0 Å². The monoisotopic (exact) mass is 241 g/mol. The van der Waals surface area contributed by atoms with Crippen molar-refractivity contribution >= 4 is 5.91 Å². The zero-order chi connectivity index (χ0) is 12.9. The second-order valence-electron chi connectivity index (χ2n) is 6.00. The Morgan fingerprint density at radius 3 is 2.47 bits per heavy atom. The molecule has 100 valence electrons. The molecule has 1 heterocycles. The number of likely N-dealkylation sites (tertiary alicyclic amines) is 1. The van der Waals surface area contributed by atoms with E-state index in [0.717, 1.165) is 6.54 Å². The minimum Gasteiger partial charge on any atom is -0.352 e. The number of amides is 1. The van der Waals surface area contributed by atoms with Crippen molar-refractivity contribution in [1.82, 2.24) is 10.2 Å². The number of hydrogen-bond donors (Lipinski definition) is 2. The van der Waals surface area contributed by atoms with Crippen LogP contribution < -0.4 is 11.1 Å². The molecule has 0 aromatic heterocycles. The van der Waals surface area contributed by atoms with Crippen LogP contribution in [0.2, 0.25) is 0 Å². The van der Waals surface area contributed by atoms with E-state index in [1.54, 1.807) is 0 Å². The first-order chi connectivity index (χ1) is 7.87. The van der Waals surface area contributed by atoms with Gasteiger partial charge in [-0.25, -0.2) is 0 Å². The quantitative estimate of drug-likeness (QED) is 0.758. The van der Waals surface area contributed by atoms with Crippen LogP contribution in [0.4, 0.5) is 0 Å². The Bertz CT molecular complexity index is 242. The van der Waals surface area contributed by atoms with Crippen LogP contribution in [0.1, 0.15) is 46.5 Å². The lowest BCUT2D eigenvalue weighted by atomic mass is 10.0. The van der Waals surface area contributed by atoms with Crippen molar-refractivity contribution in [2.75, 3.05) is 19.6 Å². The number of hydrogen-bond acceptors (Lipinski definition) is 3. The molecular formula is C13H27N3O. The molecule has 0 saturated carbocycles. The van der Waals surface area contributed by atoms with E-state index in [4.69, 9.17) is 5.73 Å². The molecule has 0 bridgehead atoms. The summed E-state index contributed by atoms with van der Waals surface area (Å²) in [5.41, 5.74) is 5.40. The van der Waals surface area contributed by atoms with Gasteiger partial charge in [-0.15, -0.1) is 0 Å². The first-order valence-corrected chi connectivity index (χ1v) is 6.67. The zero-order valence-corrected chi connectivity index (χ0v) is 11.5. The van der Waals surface area contributed by atoms with Crippen molar-refractivity contribution in [2.45, 2.75) is 58.0 Å². The molecule has 0 aromatic carbocycles. The summed E-state index contributed by atoms with van der Waals surface area (Å²) in [5, 5.41) is 3.02. The summed E-state index contributed by atoms with van der Waals surface area (Å²) in [7, 11) is 0. The van der Waals surface area contributed by atoms with Gasteiger partial charge in [-0.3, -0.25) is 4.79 Å². The smallest absolute Gasteiger partial charge is 0.222 e. The number of nitrogens with two attached hydrogens (primary N) is 1. The summed E-state index contributed by atoms with van der Waals surface area (Å²) in [6.07, 6.45) is 4.31. The lowest BCUT2D eigenvalue weighted by molar-refractivity contribution is -0.122. The van der Waals surface area contributed by atoms with Crippen LogP contribution in [0.25, 0.3) is 0 Å². The molecule has 0 aromatic rings. The summed E-state index contributed by atoms with van der Waals surface area (Å²) in [6, 6.07) is 0.211. The molecule has 1 rings (SSSR count). The fourth-order valence-corrected chi connectivity index (χ4v) is 2.31. The van der Waals surface area contributed by atoms with Crippen LogP contribution in [-0.2, 0) is 4.79 Å². The van der Waals surface area contributed by atoms with E-state index >= 15 is 0 Å². The Labute approximate surface area is 105 Å². The molecule has 3 N–H and O–H groups in total. The van der Waals surface area contributed by atoms with Gasteiger partial charge in [-0.05, 0) is 46.7 Å². The SMILES string of the molecule is CC(CN1CCCCC1)NC(=O)CC(C)(C)N. The van der Waals surface area contributed by atoms with Crippen LogP contribution in [0.15, 0.2) is 0 Å². The van der Waals surface area contributed by atoms with E-state index in [1.807, 2.05) is 13.8 Å². The molecule has 0 aliphatic carbocycles. The Morgan fingerprint density at radius 2 is 1.94 bits per heavy atom. The van der Waals surface area contributed by atoms with Gasteiger partial charge >= 0.3 is 0 Å². The molecule has 1 atom stereocenters. The Balaban J connectivity index is 2.23. The van der Waals surface area contributed by atoms with E-state index in [0.29, 0.717) is 6.42 Å². The Hall–Kier alpha value is -0.610. The van der Waals surface area contributed by atoms with Gasteiger partial charge in [-0.2, -0.15) is 0 Å². The highest BCUT2D eigenvalue weighted by Gasteiger charge is 2.19. The first kappa shape index (κ1) is 14.5. The maximum Gasteiger partial charge on any atom is 0.222 e. The van der Waals surface area contributed by atoms with Gasteiger partial charge < -0.3 is 16.0 Å². The fraction of sp³-hybridized carbons (Fsp3) is 0.923. The lowest BCUT2D eigenvalue weighted by Crippen LogP contribution is -2.46. The Morgan fingerprint density at radius 1 is 1.35 bits per heavy atom. The molecule has 1 amide bonds. The summed E-state index contributed by atoms with van der Waals surface area (Å²) < 4.78 is 0. The Kier molecular flexibility index (Phi) is 5.40. The number of rotatable bonds is 5. The predicted octanol–water partition coefficient (Wildman–Crippen LogP) is 1.10. The van der Waals surface area contributed by atoms with Crippen molar-refractivity contribution in [3.63, 3.8) is 0 Å². The maximum absolute atomic E-state index is 11.7. The molecule has 0 spiro atoms. The van der Waals surface area contributed by atoms with Crippen molar-refractivity contribution in [1.29, 1.82) is 0 Å². The van der Waals surface area contributed by atoms with Gasteiger partial charge in [0.25, 0.3) is 0 Å². The third-order valence-corrected chi connectivity index (χ3v) is 3.00. The highest BCUT2D eigenvalue weighted by molar-refractivity contribution is 5.77. The molecule has 1 fully saturated rings. The highest BCUT2D eigenvalue weighted by Crippen LogP contribution is 2.09. The van der Waals surface area contributed by atoms with E-state index in [-0.39, 0.29) is 11.9 Å². The van der Waals surface area contributed by atoms with Gasteiger partial charge in [0, 0.05) is 24.5 Å². The van der Waals surface area contributed by atoms with Gasteiger partial charge in [0.15, 0.2) is 0 Å². The van der Waals surface area contributed by atoms with Gasteiger partial charge in [-0.1, -0.05) is 6.42 Å². The molecule has 4 nitrogen and oxygen atoms in total. The van der Waals surface area contributed by atoms with Gasteiger partial charge in [0.05, 0.1) is 0 Å². The fourth-order valence-electron chi connectivity index (χ4n) is 2.31. The van der Waals surface area contributed by atoms with Crippen molar-refractivity contribution in [3.05, 3.63) is 0 Å².